The van der Waals surface area contributed by atoms with E-state index in [2.05, 4.69) is 73.7 Å². The average Bonchev–Trinajstić information content (AvgIpc) is 2.71. The molecule has 3 rings (SSSR count). The van der Waals surface area contributed by atoms with Crippen LogP contribution in [0.25, 0.3) is 0 Å². The van der Waals surface area contributed by atoms with Crippen molar-refractivity contribution < 1.29 is 0 Å². The van der Waals surface area contributed by atoms with E-state index in [0.717, 1.165) is 24.2 Å². The molecule has 3 heteroatoms. The van der Waals surface area contributed by atoms with E-state index in [1.54, 1.807) is 5.19 Å². The largest absolute Gasteiger partial charge is 0.399 e. The molecule has 0 aliphatic carbocycles. The van der Waals surface area contributed by atoms with Crippen LogP contribution in [0.2, 0.25) is 18.1 Å². The second-order valence-electron chi connectivity index (χ2n) is 7.89. The zero-order valence-corrected chi connectivity index (χ0v) is 17.9. The molecule has 0 saturated carbocycles. The molecule has 0 unspecified atom stereocenters. The van der Waals surface area contributed by atoms with Crippen molar-refractivity contribution in [3.05, 3.63) is 90.0 Å². The van der Waals surface area contributed by atoms with Gasteiger partial charge in [0.05, 0.1) is 8.07 Å². The van der Waals surface area contributed by atoms with Gasteiger partial charge in [0, 0.05) is 11.4 Å². The van der Waals surface area contributed by atoms with Gasteiger partial charge in [0.15, 0.2) is 0 Å². The van der Waals surface area contributed by atoms with Crippen LogP contribution in [0.3, 0.4) is 0 Å². The summed E-state index contributed by atoms with van der Waals surface area (Å²) in [6, 6.07) is 31.9. The van der Waals surface area contributed by atoms with E-state index >= 15 is 0 Å². The van der Waals surface area contributed by atoms with E-state index in [9.17, 15) is 0 Å². The van der Waals surface area contributed by atoms with Crippen molar-refractivity contribution in [3.8, 4) is 0 Å². The summed E-state index contributed by atoms with van der Waals surface area (Å²) in [5.74, 6) is 0. The molecule has 0 aromatic heterocycles. The molecule has 28 heavy (non-hydrogen) atoms. The van der Waals surface area contributed by atoms with Crippen molar-refractivity contribution in [2.45, 2.75) is 44.3 Å². The third-order valence-electron chi connectivity index (χ3n) is 5.80. The number of benzene rings is 3. The molecule has 3 aromatic carbocycles. The summed E-state index contributed by atoms with van der Waals surface area (Å²) in [7, 11) is -1.65. The average molecular weight is 389 g/mol. The molecule has 0 atom stereocenters. The fourth-order valence-corrected chi connectivity index (χ4v) is 9.35. The van der Waals surface area contributed by atoms with Gasteiger partial charge in [-0.05, 0) is 60.3 Å². The fraction of sp³-hybridized carbons (Fsp3) is 0.280. The van der Waals surface area contributed by atoms with Crippen LogP contribution in [0, 0.1) is 0 Å². The lowest BCUT2D eigenvalue weighted by Crippen LogP contribution is -2.48. The Labute approximate surface area is 170 Å². The maximum Gasteiger partial charge on any atom is 0.0873 e. The van der Waals surface area contributed by atoms with Crippen molar-refractivity contribution in [1.82, 2.24) is 0 Å². The molecule has 146 valence electrons. The third-order valence-corrected chi connectivity index (χ3v) is 11.2. The molecule has 0 saturated heterocycles. The van der Waals surface area contributed by atoms with Crippen LogP contribution in [0.15, 0.2) is 78.9 Å². The Morgan fingerprint density at radius 2 is 1.18 bits per heavy atom. The monoisotopic (exact) mass is 388 g/mol. The zero-order chi connectivity index (χ0) is 19.8. The van der Waals surface area contributed by atoms with E-state index < -0.39 is 8.07 Å². The number of nitrogen functional groups attached to an aromatic ring is 2. The van der Waals surface area contributed by atoms with E-state index in [-0.39, 0.29) is 0 Å². The second-order valence-corrected chi connectivity index (χ2v) is 12.5. The van der Waals surface area contributed by atoms with Gasteiger partial charge in [-0.3, -0.25) is 0 Å². The third kappa shape index (κ3) is 5.26. The van der Waals surface area contributed by atoms with Crippen LogP contribution in [0.4, 0.5) is 11.4 Å². The molecule has 3 aromatic rings. The lowest BCUT2D eigenvalue weighted by Gasteiger charge is -2.33. The first kappa shape index (κ1) is 20.2. The highest BCUT2D eigenvalue weighted by atomic mass is 28.3. The molecule has 0 aliphatic heterocycles. The van der Waals surface area contributed by atoms with Gasteiger partial charge in [-0.15, -0.1) is 0 Å². The minimum Gasteiger partial charge on any atom is -0.399 e. The summed E-state index contributed by atoms with van der Waals surface area (Å²) < 4.78 is 0. The number of nitrogens with two attached hydrogens (primary N) is 2. The summed E-state index contributed by atoms with van der Waals surface area (Å²) in [5.41, 5.74) is 16.5. The van der Waals surface area contributed by atoms with Crippen LogP contribution in [0.5, 0.6) is 0 Å². The van der Waals surface area contributed by atoms with Gasteiger partial charge >= 0.3 is 0 Å². The van der Waals surface area contributed by atoms with Crippen molar-refractivity contribution in [2.75, 3.05) is 11.5 Å². The molecule has 0 radical (unpaired) electrons. The lowest BCUT2D eigenvalue weighted by atomic mass is 10.1. The summed E-state index contributed by atoms with van der Waals surface area (Å²) in [4.78, 5) is 0. The summed E-state index contributed by atoms with van der Waals surface area (Å²) in [6.07, 6.45) is 3.43. The van der Waals surface area contributed by atoms with Crippen LogP contribution >= 0.6 is 0 Å². The van der Waals surface area contributed by atoms with Crippen molar-refractivity contribution in [1.29, 1.82) is 0 Å². The number of aryl methyl sites for hydroxylation is 2. The van der Waals surface area contributed by atoms with Crippen LogP contribution in [0.1, 0.15) is 24.5 Å². The maximum atomic E-state index is 6.02. The van der Waals surface area contributed by atoms with Crippen LogP contribution < -0.4 is 16.7 Å². The fourth-order valence-electron chi connectivity index (χ4n) is 4.34. The molecular weight excluding hydrogens is 356 g/mol. The number of anilines is 2. The highest BCUT2D eigenvalue weighted by Crippen LogP contribution is 2.28. The minimum absolute atomic E-state index is 0.861. The first-order valence-electron chi connectivity index (χ1n) is 10.4. The van der Waals surface area contributed by atoms with Gasteiger partial charge in [-0.1, -0.05) is 79.2 Å². The summed E-state index contributed by atoms with van der Waals surface area (Å²) in [6.45, 7) is 2.33. The Kier molecular flexibility index (Phi) is 6.94. The number of rotatable bonds is 9. The Bertz CT molecular complexity index is 827. The number of hydrogen-bond donors (Lipinski definition) is 2. The van der Waals surface area contributed by atoms with Gasteiger partial charge in [0.25, 0.3) is 0 Å². The predicted molar refractivity (Wildman–Crippen MR) is 126 cm³/mol. The molecule has 2 nitrogen and oxygen atoms in total. The standard InChI is InChI=1S/C25H32N2Si/c1-2-16-28(25-12-4-3-5-13-25,17-14-21-8-6-10-23(26)19-21)18-15-22-9-7-11-24(27)20-22/h3-13,19-20H,2,14-18,26-27H2,1H3. The highest BCUT2D eigenvalue weighted by molar-refractivity contribution is 6.91. The Morgan fingerprint density at radius 3 is 1.64 bits per heavy atom. The summed E-state index contributed by atoms with van der Waals surface area (Å²) in [5, 5.41) is 1.59. The highest BCUT2D eigenvalue weighted by Gasteiger charge is 2.33. The molecule has 0 heterocycles. The topological polar surface area (TPSA) is 52.0 Å². The summed E-state index contributed by atoms with van der Waals surface area (Å²) >= 11 is 0. The van der Waals surface area contributed by atoms with Gasteiger partial charge in [0.2, 0.25) is 0 Å². The zero-order valence-electron chi connectivity index (χ0n) is 16.9. The normalized spacial score (nSPS) is 11.5. The van der Waals surface area contributed by atoms with Gasteiger partial charge in [-0.2, -0.15) is 0 Å². The molecule has 0 bridgehead atoms. The van der Waals surface area contributed by atoms with Gasteiger partial charge in [-0.25, -0.2) is 0 Å². The van der Waals surface area contributed by atoms with Crippen molar-refractivity contribution >= 4 is 24.6 Å². The molecule has 4 N–H and O–H groups in total. The Hall–Kier alpha value is -2.52. The SMILES string of the molecule is CCC[Si](CCc1cccc(N)c1)(CCc1cccc(N)c1)c1ccccc1. The van der Waals surface area contributed by atoms with Crippen LogP contribution in [-0.2, 0) is 12.8 Å². The van der Waals surface area contributed by atoms with Gasteiger partial charge in [0.1, 0.15) is 0 Å². The second kappa shape index (κ2) is 9.61. The molecule has 0 aliphatic rings. The minimum atomic E-state index is -1.65. The molecule has 0 fully saturated rings. The predicted octanol–water partition coefficient (Wildman–Crippen LogP) is 5.40. The molecule has 0 amide bonds. The van der Waals surface area contributed by atoms with E-state index in [0.29, 0.717) is 0 Å². The molecule has 0 spiro atoms. The van der Waals surface area contributed by atoms with Crippen molar-refractivity contribution in [3.63, 3.8) is 0 Å². The van der Waals surface area contributed by atoms with Gasteiger partial charge < -0.3 is 11.5 Å². The number of hydrogen-bond acceptors (Lipinski definition) is 2. The van der Waals surface area contributed by atoms with E-state index in [4.69, 9.17) is 11.5 Å². The first-order chi connectivity index (χ1) is 13.6. The maximum absolute atomic E-state index is 6.02. The van der Waals surface area contributed by atoms with Crippen molar-refractivity contribution in [2.24, 2.45) is 0 Å². The first-order valence-corrected chi connectivity index (χ1v) is 13.0. The Morgan fingerprint density at radius 1 is 0.643 bits per heavy atom. The molecular formula is C25H32N2Si. The van der Waals surface area contributed by atoms with Crippen LogP contribution in [-0.4, -0.2) is 8.07 Å². The lowest BCUT2D eigenvalue weighted by molar-refractivity contribution is 0.963. The van der Waals surface area contributed by atoms with E-state index in [1.165, 1.54) is 35.7 Å². The van der Waals surface area contributed by atoms with E-state index in [1.807, 2.05) is 12.1 Å². The Balaban J connectivity index is 1.86. The quantitative estimate of drug-likeness (QED) is 0.381. The smallest absolute Gasteiger partial charge is 0.0873 e.